The van der Waals surface area contributed by atoms with Crippen LogP contribution in [0.3, 0.4) is 0 Å². The summed E-state index contributed by atoms with van der Waals surface area (Å²) in [6, 6.07) is 5.07. The van der Waals surface area contributed by atoms with E-state index in [0.29, 0.717) is 0 Å². The van der Waals surface area contributed by atoms with Crippen LogP contribution in [0, 0.1) is 20.8 Å². The van der Waals surface area contributed by atoms with Crippen molar-refractivity contribution in [3.63, 3.8) is 0 Å². The van der Waals surface area contributed by atoms with Gasteiger partial charge >= 0.3 is 0 Å². The van der Waals surface area contributed by atoms with Crippen molar-refractivity contribution in [2.75, 3.05) is 13.2 Å². The van der Waals surface area contributed by atoms with Crippen LogP contribution in [0.2, 0.25) is 0 Å². The van der Waals surface area contributed by atoms with Crippen LogP contribution < -0.4 is 10.1 Å². The second kappa shape index (κ2) is 6.95. The van der Waals surface area contributed by atoms with Crippen LogP contribution in [0.4, 0.5) is 0 Å². The van der Waals surface area contributed by atoms with Gasteiger partial charge in [0.1, 0.15) is 12.4 Å². The molecule has 0 radical (unpaired) electrons. The van der Waals surface area contributed by atoms with Crippen molar-refractivity contribution in [1.29, 1.82) is 0 Å². The van der Waals surface area contributed by atoms with E-state index in [0.717, 1.165) is 24.9 Å². The Hall–Kier alpha value is -1.02. The summed E-state index contributed by atoms with van der Waals surface area (Å²) < 4.78 is 5.93. The van der Waals surface area contributed by atoms with Crippen molar-refractivity contribution in [1.82, 2.24) is 5.32 Å². The van der Waals surface area contributed by atoms with E-state index in [4.69, 9.17) is 4.74 Å². The summed E-state index contributed by atoms with van der Waals surface area (Å²) in [5.74, 6) is 1.04. The predicted molar refractivity (Wildman–Crippen MR) is 81.0 cm³/mol. The summed E-state index contributed by atoms with van der Waals surface area (Å²) in [5.41, 5.74) is 3.86. The standard InChI is InChI=1S/C17H27NO/c1-13-11-14(2)15(3)17(12-13)19-10-9-18-16-7-5-4-6-8-16/h11-12,16,18H,4-10H2,1-3H3. The number of nitrogens with one attached hydrogen (secondary N) is 1. The number of hydrogen-bond donors (Lipinski definition) is 1. The third kappa shape index (κ3) is 4.24. The molecule has 0 atom stereocenters. The first-order chi connectivity index (χ1) is 9.16. The smallest absolute Gasteiger partial charge is 0.122 e. The first-order valence-electron chi connectivity index (χ1n) is 7.61. The van der Waals surface area contributed by atoms with E-state index >= 15 is 0 Å². The Labute approximate surface area is 117 Å². The molecule has 0 unspecified atom stereocenters. The molecule has 1 aliphatic carbocycles. The van der Waals surface area contributed by atoms with Crippen molar-refractivity contribution < 1.29 is 4.74 Å². The van der Waals surface area contributed by atoms with Gasteiger partial charge in [-0.15, -0.1) is 0 Å². The van der Waals surface area contributed by atoms with Gasteiger partial charge in [0.2, 0.25) is 0 Å². The maximum absolute atomic E-state index is 5.93. The normalized spacial score (nSPS) is 16.6. The Morgan fingerprint density at radius 2 is 1.84 bits per heavy atom. The van der Waals surface area contributed by atoms with Gasteiger partial charge in [-0.1, -0.05) is 25.3 Å². The third-order valence-electron chi connectivity index (χ3n) is 4.16. The summed E-state index contributed by atoms with van der Waals surface area (Å²) in [6.45, 7) is 8.13. The highest BCUT2D eigenvalue weighted by molar-refractivity contribution is 5.41. The molecule has 0 aliphatic heterocycles. The van der Waals surface area contributed by atoms with E-state index in [-0.39, 0.29) is 0 Å². The lowest BCUT2D eigenvalue weighted by Gasteiger charge is -2.23. The molecular formula is C17H27NO. The minimum Gasteiger partial charge on any atom is -0.492 e. The molecule has 1 aromatic rings. The monoisotopic (exact) mass is 261 g/mol. The van der Waals surface area contributed by atoms with Gasteiger partial charge in [-0.05, 0) is 56.4 Å². The molecular weight excluding hydrogens is 234 g/mol. The zero-order chi connectivity index (χ0) is 13.7. The minimum absolute atomic E-state index is 0.720. The van der Waals surface area contributed by atoms with E-state index in [1.54, 1.807) is 0 Å². The molecule has 1 aromatic carbocycles. The Morgan fingerprint density at radius 3 is 2.58 bits per heavy atom. The van der Waals surface area contributed by atoms with Crippen molar-refractivity contribution >= 4 is 0 Å². The predicted octanol–water partition coefficient (Wildman–Crippen LogP) is 3.91. The Balaban J connectivity index is 1.76. The molecule has 106 valence electrons. The fourth-order valence-electron chi connectivity index (χ4n) is 2.88. The van der Waals surface area contributed by atoms with Crippen molar-refractivity contribution in [3.05, 3.63) is 28.8 Å². The topological polar surface area (TPSA) is 21.3 Å². The van der Waals surface area contributed by atoms with Gasteiger partial charge in [-0.2, -0.15) is 0 Å². The van der Waals surface area contributed by atoms with Crippen LogP contribution in [0.15, 0.2) is 12.1 Å². The van der Waals surface area contributed by atoms with Gasteiger partial charge in [0.15, 0.2) is 0 Å². The number of rotatable bonds is 5. The van der Waals surface area contributed by atoms with Gasteiger partial charge in [-0.25, -0.2) is 0 Å². The average molecular weight is 261 g/mol. The summed E-state index contributed by atoms with van der Waals surface area (Å²) in [7, 11) is 0. The molecule has 2 heteroatoms. The van der Waals surface area contributed by atoms with Crippen LogP contribution in [0.1, 0.15) is 48.8 Å². The van der Waals surface area contributed by atoms with Gasteiger partial charge < -0.3 is 10.1 Å². The maximum atomic E-state index is 5.93. The van der Waals surface area contributed by atoms with E-state index in [1.165, 1.54) is 48.8 Å². The Bertz CT molecular complexity index is 408. The highest BCUT2D eigenvalue weighted by Crippen LogP contribution is 2.23. The molecule has 0 spiro atoms. The molecule has 0 amide bonds. The number of hydrogen-bond acceptors (Lipinski definition) is 2. The number of ether oxygens (including phenoxy) is 1. The second-order valence-corrected chi connectivity index (χ2v) is 5.84. The van der Waals surface area contributed by atoms with Gasteiger partial charge in [0.25, 0.3) is 0 Å². The van der Waals surface area contributed by atoms with Gasteiger partial charge in [-0.3, -0.25) is 0 Å². The summed E-state index contributed by atoms with van der Waals surface area (Å²) in [4.78, 5) is 0. The first-order valence-corrected chi connectivity index (χ1v) is 7.61. The Morgan fingerprint density at radius 1 is 1.11 bits per heavy atom. The van der Waals surface area contributed by atoms with Gasteiger partial charge in [0, 0.05) is 12.6 Å². The zero-order valence-electron chi connectivity index (χ0n) is 12.6. The van der Waals surface area contributed by atoms with Crippen molar-refractivity contribution in [3.8, 4) is 5.75 Å². The lowest BCUT2D eigenvalue weighted by molar-refractivity contribution is 0.287. The maximum Gasteiger partial charge on any atom is 0.122 e. The first kappa shape index (κ1) is 14.4. The fraction of sp³-hybridized carbons (Fsp3) is 0.647. The molecule has 0 saturated heterocycles. The van der Waals surface area contributed by atoms with E-state index < -0.39 is 0 Å². The fourth-order valence-corrected chi connectivity index (χ4v) is 2.88. The van der Waals surface area contributed by atoms with E-state index in [1.807, 2.05) is 0 Å². The second-order valence-electron chi connectivity index (χ2n) is 5.84. The van der Waals surface area contributed by atoms with Gasteiger partial charge in [0.05, 0.1) is 0 Å². The highest BCUT2D eigenvalue weighted by Gasteiger charge is 2.12. The summed E-state index contributed by atoms with van der Waals surface area (Å²) in [5, 5.41) is 3.62. The lowest BCUT2D eigenvalue weighted by atomic mass is 9.96. The number of benzene rings is 1. The summed E-state index contributed by atoms with van der Waals surface area (Å²) in [6.07, 6.45) is 6.85. The third-order valence-corrected chi connectivity index (χ3v) is 4.16. The molecule has 0 bridgehead atoms. The lowest BCUT2D eigenvalue weighted by Crippen LogP contribution is -2.34. The van der Waals surface area contributed by atoms with E-state index in [9.17, 15) is 0 Å². The average Bonchev–Trinajstić information content (AvgIpc) is 2.41. The molecule has 2 nitrogen and oxygen atoms in total. The number of aryl methyl sites for hydroxylation is 2. The molecule has 2 rings (SSSR count). The zero-order valence-corrected chi connectivity index (χ0v) is 12.6. The highest BCUT2D eigenvalue weighted by atomic mass is 16.5. The van der Waals surface area contributed by atoms with Crippen LogP contribution in [-0.2, 0) is 0 Å². The molecule has 0 heterocycles. The van der Waals surface area contributed by atoms with Crippen molar-refractivity contribution in [2.45, 2.75) is 58.9 Å². The SMILES string of the molecule is Cc1cc(C)c(C)c(OCCNC2CCCCC2)c1. The minimum atomic E-state index is 0.720. The Kier molecular flexibility index (Phi) is 5.26. The van der Waals surface area contributed by atoms with Crippen LogP contribution in [0.25, 0.3) is 0 Å². The quantitative estimate of drug-likeness (QED) is 0.811. The molecule has 0 aromatic heterocycles. The van der Waals surface area contributed by atoms with Crippen LogP contribution in [0.5, 0.6) is 5.75 Å². The molecule has 1 fully saturated rings. The van der Waals surface area contributed by atoms with Crippen LogP contribution in [-0.4, -0.2) is 19.2 Å². The largest absolute Gasteiger partial charge is 0.492 e. The molecule has 1 saturated carbocycles. The van der Waals surface area contributed by atoms with E-state index in [2.05, 4.69) is 38.2 Å². The summed E-state index contributed by atoms with van der Waals surface area (Å²) >= 11 is 0. The molecule has 1 aliphatic rings. The van der Waals surface area contributed by atoms with Crippen LogP contribution >= 0.6 is 0 Å². The molecule has 1 N–H and O–H groups in total. The molecule has 19 heavy (non-hydrogen) atoms. The van der Waals surface area contributed by atoms with Crippen molar-refractivity contribution in [2.24, 2.45) is 0 Å².